The number of aryl methyl sites for hydroxylation is 2. The first-order valence-corrected chi connectivity index (χ1v) is 9.42. The van der Waals surface area contributed by atoms with E-state index < -0.39 is 0 Å². The van der Waals surface area contributed by atoms with Gasteiger partial charge in [0.25, 0.3) is 5.91 Å². The van der Waals surface area contributed by atoms with Gasteiger partial charge in [-0.1, -0.05) is 6.07 Å². The third kappa shape index (κ3) is 3.44. The van der Waals surface area contributed by atoms with Gasteiger partial charge in [0.1, 0.15) is 11.4 Å². The van der Waals surface area contributed by atoms with E-state index in [0.717, 1.165) is 38.8 Å². The van der Waals surface area contributed by atoms with Crippen LogP contribution < -0.4 is 10.1 Å². The van der Waals surface area contributed by atoms with Crippen LogP contribution in [0.2, 0.25) is 0 Å². The fraction of sp³-hybridized carbons (Fsp3) is 0.143. The van der Waals surface area contributed by atoms with Gasteiger partial charge in [0, 0.05) is 22.8 Å². The minimum Gasteiger partial charge on any atom is -0.497 e. The van der Waals surface area contributed by atoms with Crippen LogP contribution in [0.15, 0.2) is 54.0 Å². The first kappa shape index (κ1) is 17.3. The molecule has 4 rings (SSSR count). The molecule has 0 saturated heterocycles. The zero-order valence-corrected chi connectivity index (χ0v) is 16.1. The molecule has 0 fully saturated rings. The summed E-state index contributed by atoms with van der Waals surface area (Å²) in [5, 5.41) is 4.82. The molecule has 0 saturated carbocycles. The topological polar surface area (TPSA) is 55.6 Å². The van der Waals surface area contributed by atoms with Crippen molar-refractivity contribution in [3.63, 3.8) is 0 Å². The molecule has 2 aromatic heterocycles. The summed E-state index contributed by atoms with van der Waals surface area (Å²) in [6.45, 7) is 4.03. The molecule has 4 aromatic rings. The largest absolute Gasteiger partial charge is 0.497 e. The Morgan fingerprint density at radius 2 is 1.81 bits per heavy atom. The molecular weight excluding hydrogens is 358 g/mol. The van der Waals surface area contributed by atoms with E-state index in [-0.39, 0.29) is 5.91 Å². The molecule has 2 aromatic carbocycles. The van der Waals surface area contributed by atoms with E-state index >= 15 is 0 Å². The molecule has 136 valence electrons. The van der Waals surface area contributed by atoms with E-state index in [1.165, 1.54) is 11.3 Å². The number of carbonyl (C=O) groups excluding carboxylic acids is 1. The first-order valence-electron chi connectivity index (χ1n) is 8.54. The van der Waals surface area contributed by atoms with E-state index in [2.05, 4.69) is 16.4 Å². The molecule has 27 heavy (non-hydrogen) atoms. The van der Waals surface area contributed by atoms with Crippen LogP contribution in [0.25, 0.3) is 16.2 Å². The lowest BCUT2D eigenvalue weighted by molar-refractivity contribution is 0.102. The molecule has 0 aliphatic carbocycles. The highest BCUT2D eigenvalue weighted by molar-refractivity contribution is 7.15. The molecule has 0 radical (unpaired) electrons. The van der Waals surface area contributed by atoms with Gasteiger partial charge in [-0.05, 0) is 61.4 Å². The number of anilines is 1. The number of benzene rings is 2. The van der Waals surface area contributed by atoms with Crippen molar-refractivity contribution in [2.45, 2.75) is 13.8 Å². The molecule has 0 spiro atoms. The van der Waals surface area contributed by atoms with Crippen molar-refractivity contribution in [3.05, 3.63) is 70.9 Å². The molecule has 0 aliphatic heterocycles. The lowest BCUT2D eigenvalue weighted by atomic mass is 10.1. The quantitative estimate of drug-likeness (QED) is 0.548. The van der Waals surface area contributed by atoms with E-state index in [0.29, 0.717) is 5.69 Å². The second-order valence-corrected chi connectivity index (χ2v) is 7.30. The second-order valence-electron chi connectivity index (χ2n) is 6.46. The van der Waals surface area contributed by atoms with Gasteiger partial charge in [0.15, 0.2) is 4.96 Å². The Morgan fingerprint density at radius 1 is 1.11 bits per heavy atom. The maximum absolute atomic E-state index is 12.8. The predicted octanol–water partition coefficient (Wildman–Crippen LogP) is 4.94. The SMILES string of the molecule is COc1ccc(-c2cn3c(C(=O)Nc4cc(C)cc(C)c4)csc3n2)cc1. The molecule has 0 atom stereocenters. The zero-order chi connectivity index (χ0) is 19.0. The molecule has 2 heterocycles. The Morgan fingerprint density at radius 3 is 2.48 bits per heavy atom. The molecule has 0 aliphatic rings. The molecule has 6 heteroatoms. The standard InChI is InChI=1S/C21H19N3O2S/c1-13-8-14(2)10-16(9-13)22-20(25)19-12-27-21-23-18(11-24(19)21)15-4-6-17(26-3)7-5-15/h4-12H,1-3H3,(H,22,25). The van der Waals surface area contributed by atoms with Gasteiger partial charge in [0.05, 0.1) is 12.8 Å². The van der Waals surface area contributed by atoms with Gasteiger partial charge in [0.2, 0.25) is 0 Å². The number of hydrogen-bond acceptors (Lipinski definition) is 4. The summed E-state index contributed by atoms with van der Waals surface area (Å²) in [4.78, 5) is 18.2. The van der Waals surface area contributed by atoms with Crippen molar-refractivity contribution in [3.8, 4) is 17.0 Å². The average molecular weight is 377 g/mol. The zero-order valence-electron chi connectivity index (χ0n) is 15.3. The Balaban J connectivity index is 1.64. The third-order valence-corrected chi connectivity index (χ3v) is 5.15. The van der Waals surface area contributed by atoms with Gasteiger partial charge in [-0.25, -0.2) is 4.98 Å². The number of thiazole rings is 1. The fourth-order valence-corrected chi connectivity index (χ4v) is 3.94. The highest BCUT2D eigenvalue weighted by Crippen LogP contribution is 2.26. The summed E-state index contributed by atoms with van der Waals surface area (Å²) in [6.07, 6.45) is 1.89. The number of carbonyl (C=O) groups is 1. The third-order valence-electron chi connectivity index (χ3n) is 4.31. The summed E-state index contributed by atoms with van der Waals surface area (Å²) >= 11 is 1.45. The van der Waals surface area contributed by atoms with Gasteiger partial charge < -0.3 is 10.1 Å². The van der Waals surface area contributed by atoms with Crippen LogP contribution in [0.5, 0.6) is 5.75 Å². The van der Waals surface area contributed by atoms with Crippen LogP contribution in [0, 0.1) is 13.8 Å². The number of amides is 1. The highest BCUT2D eigenvalue weighted by atomic mass is 32.1. The van der Waals surface area contributed by atoms with Gasteiger partial charge in [-0.2, -0.15) is 0 Å². The number of rotatable bonds is 4. The minimum absolute atomic E-state index is 0.148. The smallest absolute Gasteiger partial charge is 0.273 e. The highest BCUT2D eigenvalue weighted by Gasteiger charge is 2.15. The van der Waals surface area contributed by atoms with Crippen molar-refractivity contribution in [2.75, 3.05) is 12.4 Å². The number of imidazole rings is 1. The second kappa shape index (κ2) is 6.89. The number of nitrogens with zero attached hydrogens (tertiary/aromatic N) is 2. The Hall–Kier alpha value is -3.12. The van der Waals surface area contributed by atoms with Crippen LogP contribution in [-0.2, 0) is 0 Å². The van der Waals surface area contributed by atoms with Crippen molar-refractivity contribution in [1.82, 2.24) is 9.38 Å². The minimum atomic E-state index is -0.148. The molecule has 1 N–H and O–H groups in total. The first-order chi connectivity index (χ1) is 13.0. The van der Waals surface area contributed by atoms with Crippen LogP contribution in [0.1, 0.15) is 21.6 Å². The number of fused-ring (bicyclic) bond motifs is 1. The Labute approximate surface area is 161 Å². The number of ether oxygens (including phenoxy) is 1. The number of methoxy groups -OCH3 is 1. The van der Waals surface area contributed by atoms with Crippen molar-refractivity contribution in [2.24, 2.45) is 0 Å². The molecule has 5 nitrogen and oxygen atoms in total. The van der Waals surface area contributed by atoms with Crippen LogP contribution in [-0.4, -0.2) is 22.4 Å². The number of aromatic nitrogens is 2. The molecule has 0 unspecified atom stereocenters. The van der Waals surface area contributed by atoms with E-state index in [1.54, 1.807) is 7.11 Å². The van der Waals surface area contributed by atoms with Crippen LogP contribution >= 0.6 is 11.3 Å². The molecule has 1 amide bonds. The molecular formula is C21H19N3O2S. The monoisotopic (exact) mass is 377 g/mol. The van der Waals surface area contributed by atoms with Gasteiger partial charge >= 0.3 is 0 Å². The van der Waals surface area contributed by atoms with Crippen molar-refractivity contribution < 1.29 is 9.53 Å². The Bertz CT molecular complexity index is 1110. The maximum atomic E-state index is 12.8. The Kier molecular flexibility index (Phi) is 4.41. The van der Waals surface area contributed by atoms with Crippen molar-refractivity contribution in [1.29, 1.82) is 0 Å². The fourth-order valence-electron chi connectivity index (χ4n) is 3.09. The number of nitrogens with one attached hydrogen (secondary N) is 1. The summed E-state index contributed by atoms with van der Waals surface area (Å²) in [5.74, 6) is 0.651. The summed E-state index contributed by atoms with van der Waals surface area (Å²) in [7, 11) is 1.64. The van der Waals surface area contributed by atoms with Crippen LogP contribution in [0.3, 0.4) is 0 Å². The van der Waals surface area contributed by atoms with Crippen LogP contribution in [0.4, 0.5) is 5.69 Å². The lowest BCUT2D eigenvalue weighted by Crippen LogP contribution is -2.14. The summed E-state index contributed by atoms with van der Waals surface area (Å²) < 4.78 is 7.03. The van der Waals surface area contributed by atoms with Crippen molar-refractivity contribution >= 4 is 27.9 Å². The predicted molar refractivity (Wildman–Crippen MR) is 109 cm³/mol. The molecule has 0 bridgehead atoms. The van der Waals surface area contributed by atoms with Gasteiger partial charge in [-0.3, -0.25) is 9.20 Å². The summed E-state index contributed by atoms with van der Waals surface area (Å²) in [5.41, 5.74) is 5.40. The average Bonchev–Trinajstić information content (AvgIpc) is 3.21. The van der Waals surface area contributed by atoms with E-state index in [4.69, 9.17) is 4.74 Å². The maximum Gasteiger partial charge on any atom is 0.273 e. The number of hydrogen-bond donors (Lipinski definition) is 1. The van der Waals surface area contributed by atoms with Gasteiger partial charge in [-0.15, -0.1) is 11.3 Å². The lowest BCUT2D eigenvalue weighted by Gasteiger charge is -2.07. The normalized spacial score (nSPS) is 10.9. The van der Waals surface area contributed by atoms with E-state index in [9.17, 15) is 4.79 Å². The summed E-state index contributed by atoms with van der Waals surface area (Å²) in [6, 6.07) is 13.7. The van der Waals surface area contributed by atoms with E-state index in [1.807, 2.05) is 66.2 Å².